The topological polar surface area (TPSA) is 12.0 Å². The number of hydrogen-bond acceptors (Lipinski definition) is 1. The quantitative estimate of drug-likeness (QED) is 0.796. The lowest BCUT2D eigenvalue weighted by molar-refractivity contribution is 0.381. The molecule has 0 saturated carbocycles. The van der Waals surface area contributed by atoms with E-state index in [0.29, 0.717) is 17.0 Å². The SMILES string of the molecule is CC(C)(C)CNCCc1c(F)cccc1Cl. The second-order valence-corrected chi connectivity index (χ2v) is 5.59. The minimum atomic E-state index is -0.218. The molecule has 0 aliphatic rings. The zero-order valence-electron chi connectivity index (χ0n) is 10.1. The zero-order chi connectivity index (χ0) is 12.2. The maximum atomic E-state index is 13.4. The fourth-order valence-corrected chi connectivity index (χ4v) is 1.71. The second-order valence-electron chi connectivity index (χ2n) is 5.19. The molecule has 0 saturated heterocycles. The Labute approximate surface area is 102 Å². The summed E-state index contributed by atoms with van der Waals surface area (Å²) in [7, 11) is 0. The minimum absolute atomic E-state index is 0.218. The summed E-state index contributed by atoms with van der Waals surface area (Å²) >= 11 is 5.93. The largest absolute Gasteiger partial charge is 0.316 e. The van der Waals surface area contributed by atoms with E-state index in [1.807, 2.05) is 0 Å². The average Bonchev–Trinajstić information content (AvgIpc) is 2.14. The minimum Gasteiger partial charge on any atom is -0.316 e. The molecule has 0 heterocycles. The normalized spacial score (nSPS) is 11.8. The van der Waals surface area contributed by atoms with E-state index in [9.17, 15) is 4.39 Å². The van der Waals surface area contributed by atoms with E-state index < -0.39 is 0 Å². The molecule has 90 valence electrons. The first-order valence-electron chi connectivity index (χ1n) is 5.54. The Morgan fingerprint density at radius 2 is 2.00 bits per heavy atom. The first kappa shape index (κ1) is 13.5. The fourth-order valence-electron chi connectivity index (χ4n) is 1.45. The van der Waals surface area contributed by atoms with Crippen LogP contribution in [0.5, 0.6) is 0 Å². The highest BCUT2D eigenvalue weighted by atomic mass is 35.5. The van der Waals surface area contributed by atoms with E-state index in [-0.39, 0.29) is 11.2 Å². The molecule has 0 unspecified atom stereocenters. The highest BCUT2D eigenvalue weighted by Crippen LogP contribution is 2.19. The first-order valence-corrected chi connectivity index (χ1v) is 5.91. The molecule has 16 heavy (non-hydrogen) atoms. The van der Waals surface area contributed by atoms with Crippen molar-refractivity contribution in [1.29, 1.82) is 0 Å². The summed E-state index contributed by atoms with van der Waals surface area (Å²) < 4.78 is 13.4. The van der Waals surface area contributed by atoms with Gasteiger partial charge in [0.1, 0.15) is 5.82 Å². The van der Waals surface area contributed by atoms with Gasteiger partial charge in [0.25, 0.3) is 0 Å². The van der Waals surface area contributed by atoms with Crippen LogP contribution in [0.15, 0.2) is 18.2 Å². The first-order chi connectivity index (χ1) is 7.40. The third-order valence-corrected chi connectivity index (χ3v) is 2.62. The Kier molecular flexibility index (Phi) is 4.75. The van der Waals surface area contributed by atoms with Gasteiger partial charge in [0.05, 0.1) is 0 Å². The molecule has 0 fully saturated rings. The Morgan fingerprint density at radius 3 is 2.56 bits per heavy atom. The van der Waals surface area contributed by atoms with Crippen LogP contribution in [0.3, 0.4) is 0 Å². The van der Waals surface area contributed by atoms with Gasteiger partial charge in [-0.15, -0.1) is 0 Å². The summed E-state index contributed by atoms with van der Waals surface area (Å²) in [6, 6.07) is 4.80. The smallest absolute Gasteiger partial charge is 0.127 e. The molecule has 0 aliphatic heterocycles. The van der Waals surface area contributed by atoms with Crippen LogP contribution in [0.1, 0.15) is 26.3 Å². The van der Waals surface area contributed by atoms with Crippen molar-refractivity contribution in [1.82, 2.24) is 5.32 Å². The summed E-state index contributed by atoms with van der Waals surface area (Å²) in [5.74, 6) is -0.218. The third kappa shape index (κ3) is 4.50. The molecular formula is C13H19ClFN. The maximum Gasteiger partial charge on any atom is 0.127 e. The van der Waals surface area contributed by atoms with E-state index in [2.05, 4.69) is 26.1 Å². The molecule has 0 atom stereocenters. The van der Waals surface area contributed by atoms with Crippen molar-refractivity contribution in [2.75, 3.05) is 13.1 Å². The van der Waals surface area contributed by atoms with Gasteiger partial charge in [-0.3, -0.25) is 0 Å². The van der Waals surface area contributed by atoms with E-state index in [0.717, 1.165) is 13.1 Å². The molecule has 0 amide bonds. The molecule has 1 aromatic carbocycles. The van der Waals surface area contributed by atoms with Crippen LogP contribution < -0.4 is 5.32 Å². The predicted molar refractivity (Wildman–Crippen MR) is 67.4 cm³/mol. The molecular weight excluding hydrogens is 225 g/mol. The highest BCUT2D eigenvalue weighted by molar-refractivity contribution is 6.31. The van der Waals surface area contributed by atoms with Gasteiger partial charge < -0.3 is 5.32 Å². The van der Waals surface area contributed by atoms with Crippen molar-refractivity contribution in [3.63, 3.8) is 0 Å². The Morgan fingerprint density at radius 1 is 1.31 bits per heavy atom. The third-order valence-electron chi connectivity index (χ3n) is 2.27. The van der Waals surface area contributed by atoms with Gasteiger partial charge in [0.15, 0.2) is 0 Å². The zero-order valence-corrected chi connectivity index (χ0v) is 10.9. The van der Waals surface area contributed by atoms with Crippen LogP contribution in [-0.2, 0) is 6.42 Å². The molecule has 0 aliphatic carbocycles. The number of hydrogen-bond donors (Lipinski definition) is 1. The van der Waals surface area contributed by atoms with Crippen molar-refractivity contribution in [3.8, 4) is 0 Å². The van der Waals surface area contributed by atoms with Gasteiger partial charge in [-0.25, -0.2) is 4.39 Å². The van der Waals surface area contributed by atoms with Crippen LogP contribution in [0.2, 0.25) is 5.02 Å². The number of nitrogens with one attached hydrogen (secondary N) is 1. The Bertz CT molecular complexity index is 324. The Hall–Kier alpha value is -0.600. The van der Waals surface area contributed by atoms with Crippen molar-refractivity contribution in [3.05, 3.63) is 34.6 Å². The van der Waals surface area contributed by atoms with Crippen LogP contribution >= 0.6 is 11.6 Å². The van der Waals surface area contributed by atoms with Crippen LogP contribution in [0.25, 0.3) is 0 Å². The molecule has 1 aromatic rings. The second kappa shape index (κ2) is 5.65. The summed E-state index contributed by atoms with van der Waals surface area (Å²) in [5, 5.41) is 3.81. The number of rotatable bonds is 4. The molecule has 1 nitrogen and oxygen atoms in total. The van der Waals surface area contributed by atoms with Crippen molar-refractivity contribution in [2.45, 2.75) is 27.2 Å². The van der Waals surface area contributed by atoms with Gasteiger partial charge in [0.2, 0.25) is 0 Å². The summed E-state index contributed by atoms with van der Waals surface area (Å²) in [6.45, 7) is 8.15. The Balaban J connectivity index is 2.43. The van der Waals surface area contributed by atoms with E-state index in [1.165, 1.54) is 6.07 Å². The lowest BCUT2D eigenvalue weighted by Gasteiger charge is -2.18. The standard InChI is InChI=1S/C13H19ClFN/c1-13(2,3)9-16-8-7-10-11(14)5-4-6-12(10)15/h4-6,16H,7-9H2,1-3H3. The molecule has 0 bridgehead atoms. The lowest BCUT2D eigenvalue weighted by Crippen LogP contribution is -2.28. The van der Waals surface area contributed by atoms with Crippen LogP contribution in [0, 0.1) is 11.2 Å². The van der Waals surface area contributed by atoms with Crippen molar-refractivity contribution in [2.24, 2.45) is 5.41 Å². The summed E-state index contributed by atoms with van der Waals surface area (Å²) in [6.07, 6.45) is 0.627. The van der Waals surface area contributed by atoms with Gasteiger partial charge in [-0.05, 0) is 30.5 Å². The fraction of sp³-hybridized carbons (Fsp3) is 0.538. The van der Waals surface area contributed by atoms with Crippen molar-refractivity contribution >= 4 is 11.6 Å². The predicted octanol–water partition coefficient (Wildman–Crippen LogP) is 3.66. The molecule has 0 spiro atoms. The lowest BCUT2D eigenvalue weighted by atomic mass is 9.97. The van der Waals surface area contributed by atoms with Crippen LogP contribution in [0.4, 0.5) is 4.39 Å². The summed E-state index contributed by atoms with van der Waals surface area (Å²) in [4.78, 5) is 0. The van der Waals surface area contributed by atoms with Gasteiger partial charge >= 0.3 is 0 Å². The molecule has 1 rings (SSSR count). The maximum absolute atomic E-state index is 13.4. The van der Waals surface area contributed by atoms with E-state index in [4.69, 9.17) is 11.6 Å². The summed E-state index contributed by atoms with van der Waals surface area (Å²) in [5.41, 5.74) is 0.851. The van der Waals surface area contributed by atoms with Gasteiger partial charge in [-0.1, -0.05) is 38.4 Å². The number of benzene rings is 1. The molecule has 0 radical (unpaired) electrons. The molecule has 1 N–H and O–H groups in total. The van der Waals surface area contributed by atoms with E-state index in [1.54, 1.807) is 12.1 Å². The van der Waals surface area contributed by atoms with Gasteiger partial charge in [-0.2, -0.15) is 0 Å². The highest BCUT2D eigenvalue weighted by Gasteiger charge is 2.10. The average molecular weight is 244 g/mol. The van der Waals surface area contributed by atoms with Crippen LogP contribution in [-0.4, -0.2) is 13.1 Å². The number of halogens is 2. The van der Waals surface area contributed by atoms with Crippen molar-refractivity contribution < 1.29 is 4.39 Å². The van der Waals surface area contributed by atoms with Gasteiger partial charge in [0, 0.05) is 17.1 Å². The molecule has 3 heteroatoms. The van der Waals surface area contributed by atoms with E-state index >= 15 is 0 Å². The molecule has 0 aromatic heterocycles. The monoisotopic (exact) mass is 243 g/mol.